The van der Waals surface area contributed by atoms with E-state index in [0.717, 1.165) is 31.7 Å². The number of nitrogens with one attached hydrogen (secondary N) is 1. The van der Waals surface area contributed by atoms with E-state index in [1.807, 2.05) is 24.4 Å². The van der Waals surface area contributed by atoms with E-state index in [4.69, 9.17) is 0 Å². The van der Waals surface area contributed by atoms with Crippen molar-refractivity contribution in [3.8, 4) is 0 Å². The second-order valence-corrected chi connectivity index (χ2v) is 4.35. The summed E-state index contributed by atoms with van der Waals surface area (Å²) in [5.41, 5.74) is 1.16. The molecule has 3 heteroatoms. The molecule has 0 aliphatic heterocycles. The Balaban J connectivity index is 2.24. The topological polar surface area (TPSA) is 28.2 Å². The normalized spacial score (nSPS) is 12.6. The Morgan fingerprint density at radius 1 is 1.53 bits per heavy atom. The van der Waals surface area contributed by atoms with Gasteiger partial charge in [0.05, 0.1) is 0 Å². The summed E-state index contributed by atoms with van der Waals surface area (Å²) in [5, 5.41) is 3.34. The minimum absolute atomic E-state index is 0.527. The zero-order valence-corrected chi connectivity index (χ0v) is 10.9. The van der Waals surface area contributed by atoms with Gasteiger partial charge in [-0.05, 0) is 26.1 Å². The Hall–Kier alpha value is -1.19. The molecule has 1 atom stereocenters. The maximum atomic E-state index is 4.33. The Morgan fingerprint density at radius 3 is 3.00 bits per heavy atom. The predicted octanol–water partition coefficient (Wildman–Crippen LogP) is 1.72. The quantitative estimate of drug-likeness (QED) is 0.547. The highest BCUT2D eigenvalue weighted by Gasteiger charge is 2.08. The molecule has 0 spiro atoms. The highest BCUT2D eigenvalue weighted by Crippen LogP contribution is 1.99. The molecule has 1 N–H and O–H groups in total. The van der Waals surface area contributed by atoms with Gasteiger partial charge in [-0.15, -0.1) is 6.58 Å². The van der Waals surface area contributed by atoms with Gasteiger partial charge in [-0.2, -0.15) is 0 Å². The van der Waals surface area contributed by atoms with Gasteiger partial charge >= 0.3 is 0 Å². The van der Waals surface area contributed by atoms with Gasteiger partial charge in [0.25, 0.3) is 0 Å². The van der Waals surface area contributed by atoms with Crippen LogP contribution in [0, 0.1) is 0 Å². The van der Waals surface area contributed by atoms with Gasteiger partial charge in [-0.25, -0.2) is 0 Å². The van der Waals surface area contributed by atoms with E-state index in [1.54, 1.807) is 0 Å². The molecule has 0 saturated heterocycles. The standard InChI is InChI=1S/C14H23N3/c1-4-9-15-12-13(2)17(3)11-8-14-7-5-6-10-16-14/h4-7,10,13,15H,1,8-9,11-12H2,2-3H3. The lowest BCUT2D eigenvalue weighted by Gasteiger charge is -2.24. The monoisotopic (exact) mass is 233 g/mol. The van der Waals surface area contributed by atoms with E-state index in [9.17, 15) is 0 Å². The van der Waals surface area contributed by atoms with Crippen molar-refractivity contribution in [3.63, 3.8) is 0 Å². The van der Waals surface area contributed by atoms with Gasteiger partial charge in [0.15, 0.2) is 0 Å². The first-order chi connectivity index (χ1) is 8.24. The van der Waals surface area contributed by atoms with Crippen LogP contribution in [0.5, 0.6) is 0 Å². The Kier molecular flexibility index (Phi) is 6.51. The van der Waals surface area contributed by atoms with Crippen LogP contribution in [-0.2, 0) is 6.42 Å². The van der Waals surface area contributed by atoms with E-state index in [-0.39, 0.29) is 0 Å². The summed E-state index contributed by atoms with van der Waals surface area (Å²) in [7, 11) is 2.16. The summed E-state index contributed by atoms with van der Waals surface area (Å²) in [4.78, 5) is 6.68. The van der Waals surface area contributed by atoms with Crippen LogP contribution in [0.15, 0.2) is 37.1 Å². The number of hydrogen-bond acceptors (Lipinski definition) is 3. The molecule has 0 bridgehead atoms. The average Bonchev–Trinajstić information content (AvgIpc) is 2.37. The molecule has 0 aromatic carbocycles. The molecule has 1 heterocycles. The van der Waals surface area contributed by atoms with Gasteiger partial charge in [0, 0.05) is 44.0 Å². The average molecular weight is 233 g/mol. The molecule has 94 valence electrons. The third-order valence-electron chi connectivity index (χ3n) is 2.93. The van der Waals surface area contributed by atoms with E-state index in [0.29, 0.717) is 6.04 Å². The second kappa shape index (κ2) is 7.98. The van der Waals surface area contributed by atoms with Crippen molar-refractivity contribution in [3.05, 3.63) is 42.7 Å². The molecule has 1 unspecified atom stereocenters. The van der Waals surface area contributed by atoms with Gasteiger partial charge < -0.3 is 10.2 Å². The maximum absolute atomic E-state index is 4.33. The Bertz CT molecular complexity index is 311. The lowest BCUT2D eigenvalue weighted by atomic mass is 10.2. The van der Waals surface area contributed by atoms with E-state index >= 15 is 0 Å². The van der Waals surface area contributed by atoms with Crippen LogP contribution in [0.2, 0.25) is 0 Å². The summed E-state index contributed by atoms with van der Waals surface area (Å²) in [6, 6.07) is 6.60. The summed E-state index contributed by atoms with van der Waals surface area (Å²) in [6.07, 6.45) is 4.74. The number of likely N-dealkylation sites (N-methyl/N-ethyl adjacent to an activating group) is 1. The first kappa shape index (κ1) is 13.9. The summed E-state index contributed by atoms with van der Waals surface area (Å²) in [6.45, 7) is 8.82. The zero-order valence-electron chi connectivity index (χ0n) is 10.9. The fourth-order valence-electron chi connectivity index (χ4n) is 1.61. The van der Waals surface area contributed by atoms with Crippen LogP contribution in [0.3, 0.4) is 0 Å². The summed E-state index contributed by atoms with van der Waals surface area (Å²) >= 11 is 0. The molecule has 0 saturated carbocycles. The molecule has 1 aromatic rings. The third kappa shape index (κ3) is 5.61. The van der Waals surface area contributed by atoms with Crippen molar-refractivity contribution < 1.29 is 0 Å². The van der Waals surface area contributed by atoms with Crippen molar-refractivity contribution in [2.24, 2.45) is 0 Å². The molecule has 0 aliphatic carbocycles. The molecule has 0 fully saturated rings. The highest BCUT2D eigenvalue weighted by molar-refractivity contribution is 5.03. The SMILES string of the molecule is C=CCNCC(C)N(C)CCc1ccccn1. The number of hydrogen-bond donors (Lipinski definition) is 1. The molecule has 0 aliphatic rings. The molecular formula is C14H23N3. The van der Waals surface area contributed by atoms with Crippen LogP contribution in [-0.4, -0.2) is 42.6 Å². The number of pyridine rings is 1. The summed E-state index contributed by atoms with van der Waals surface area (Å²) in [5.74, 6) is 0. The smallest absolute Gasteiger partial charge is 0.0416 e. The minimum atomic E-state index is 0.527. The molecule has 1 rings (SSSR count). The highest BCUT2D eigenvalue weighted by atomic mass is 15.1. The first-order valence-electron chi connectivity index (χ1n) is 6.15. The minimum Gasteiger partial charge on any atom is -0.312 e. The van der Waals surface area contributed by atoms with Crippen LogP contribution in [0.1, 0.15) is 12.6 Å². The number of aromatic nitrogens is 1. The fraction of sp³-hybridized carbons (Fsp3) is 0.500. The van der Waals surface area contributed by atoms with Crippen LogP contribution in [0.4, 0.5) is 0 Å². The number of nitrogens with zero attached hydrogens (tertiary/aromatic N) is 2. The van der Waals surface area contributed by atoms with Crippen molar-refractivity contribution in [2.75, 3.05) is 26.7 Å². The molecule has 0 radical (unpaired) electrons. The van der Waals surface area contributed by atoms with Crippen molar-refractivity contribution in [1.29, 1.82) is 0 Å². The third-order valence-corrected chi connectivity index (χ3v) is 2.93. The number of rotatable bonds is 8. The largest absolute Gasteiger partial charge is 0.312 e. The lowest BCUT2D eigenvalue weighted by Crippen LogP contribution is -2.39. The van der Waals surface area contributed by atoms with Gasteiger partial charge in [0.1, 0.15) is 0 Å². The van der Waals surface area contributed by atoms with Crippen LogP contribution in [0.25, 0.3) is 0 Å². The predicted molar refractivity (Wildman–Crippen MR) is 73.1 cm³/mol. The van der Waals surface area contributed by atoms with Crippen LogP contribution >= 0.6 is 0 Å². The fourth-order valence-corrected chi connectivity index (χ4v) is 1.61. The summed E-state index contributed by atoms with van der Waals surface area (Å²) < 4.78 is 0. The van der Waals surface area contributed by atoms with Crippen LogP contribution < -0.4 is 5.32 Å². The van der Waals surface area contributed by atoms with Gasteiger partial charge in [-0.3, -0.25) is 4.98 Å². The second-order valence-electron chi connectivity index (χ2n) is 4.35. The maximum Gasteiger partial charge on any atom is 0.0416 e. The first-order valence-corrected chi connectivity index (χ1v) is 6.15. The van der Waals surface area contributed by atoms with Gasteiger partial charge in [0.2, 0.25) is 0 Å². The van der Waals surface area contributed by atoms with E-state index < -0.39 is 0 Å². The lowest BCUT2D eigenvalue weighted by molar-refractivity contribution is 0.255. The molecule has 0 amide bonds. The van der Waals surface area contributed by atoms with E-state index in [1.165, 1.54) is 0 Å². The zero-order chi connectivity index (χ0) is 12.5. The van der Waals surface area contributed by atoms with Crippen molar-refractivity contribution >= 4 is 0 Å². The van der Waals surface area contributed by atoms with Crippen molar-refractivity contribution in [1.82, 2.24) is 15.2 Å². The van der Waals surface area contributed by atoms with Crippen molar-refractivity contribution in [2.45, 2.75) is 19.4 Å². The van der Waals surface area contributed by atoms with E-state index in [2.05, 4.69) is 41.8 Å². The molecule has 17 heavy (non-hydrogen) atoms. The Morgan fingerprint density at radius 2 is 2.35 bits per heavy atom. The molecule has 3 nitrogen and oxygen atoms in total. The molecular weight excluding hydrogens is 210 g/mol. The van der Waals surface area contributed by atoms with Gasteiger partial charge in [-0.1, -0.05) is 12.1 Å². The Labute approximate surface area is 105 Å². The molecule has 1 aromatic heterocycles.